The van der Waals surface area contributed by atoms with Crippen LogP contribution >= 0.6 is 11.6 Å². The molecule has 1 aliphatic heterocycles. The summed E-state index contributed by atoms with van der Waals surface area (Å²) in [4.78, 5) is 15.3. The number of nitrogens with one attached hydrogen (secondary N) is 1. The third-order valence-corrected chi connectivity index (χ3v) is 6.55. The van der Waals surface area contributed by atoms with Crippen LogP contribution in [0.15, 0.2) is 60.7 Å². The molecule has 1 aliphatic rings. The van der Waals surface area contributed by atoms with Crippen molar-refractivity contribution < 1.29 is 19.0 Å². The first-order valence-electron chi connectivity index (χ1n) is 11.2. The van der Waals surface area contributed by atoms with Crippen molar-refractivity contribution in [1.29, 1.82) is 0 Å². The summed E-state index contributed by atoms with van der Waals surface area (Å²) in [5.41, 5.74) is 4.19. The molecule has 3 aromatic carbocycles. The number of carbonyl (C=O) groups excluding carboxylic acids is 1. The summed E-state index contributed by atoms with van der Waals surface area (Å²) in [5.74, 6) is 0.116. The van der Waals surface area contributed by atoms with E-state index in [9.17, 15) is 14.3 Å². The maximum Gasteiger partial charge on any atom is 0.273 e. The molecular weight excluding hydrogens is 469 g/mol. The van der Waals surface area contributed by atoms with Gasteiger partial charge in [0, 0.05) is 22.7 Å². The highest BCUT2D eigenvalue weighted by molar-refractivity contribution is 6.31. The van der Waals surface area contributed by atoms with Gasteiger partial charge in [0.1, 0.15) is 28.7 Å². The zero-order valence-electron chi connectivity index (χ0n) is 19.2. The lowest BCUT2D eigenvalue weighted by molar-refractivity contribution is 0.0730. The minimum Gasteiger partial charge on any atom is -0.507 e. The number of carbonyl (C=O) groups is 1. The molecule has 1 amide bonds. The van der Waals surface area contributed by atoms with Crippen molar-refractivity contribution >= 4 is 17.5 Å². The highest BCUT2D eigenvalue weighted by atomic mass is 35.5. The number of hydrogen-bond donors (Lipinski definition) is 2. The van der Waals surface area contributed by atoms with Crippen LogP contribution in [0.25, 0.3) is 11.3 Å². The van der Waals surface area contributed by atoms with E-state index < -0.39 is 6.04 Å². The summed E-state index contributed by atoms with van der Waals surface area (Å²) in [6, 6.07) is 16.3. The van der Waals surface area contributed by atoms with Crippen LogP contribution in [-0.4, -0.2) is 32.7 Å². The molecule has 0 bridgehead atoms. The van der Waals surface area contributed by atoms with Crippen molar-refractivity contribution in [3.05, 3.63) is 99.5 Å². The lowest BCUT2D eigenvalue weighted by atomic mass is 9.95. The van der Waals surface area contributed by atoms with Gasteiger partial charge in [-0.1, -0.05) is 35.9 Å². The number of ether oxygens (including phenoxy) is 1. The van der Waals surface area contributed by atoms with Gasteiger partial charge in [0.2, 0.25) is 0 Å². The number of aromatic hydroxyl groups is 1. The van der Waals surface area contributed by atoms with Gasteiger partial charge in [-0.2, -0.15) is 5.10 Å². The quantitative estimate of drug-likeness (QED) is 0.345. The van der Waals surface area contributed by atoms with Crippen LogP contribution in [0.1, 0.15) is 45.7 Å². The van der Waals surface area contributed by atoms with Crippen LogP contribution < -0.4 is 4.74 Å². The van der Waals surface area contributed by atoms with E-state index in [-0.39, 0.29) is 24.0 Å². The van der Waals surface area contributed by atoms with Crippen LogP contribution in [-0.2, 0) is 6.54 Å². The molecular formula is C27H23ClFN3O3. The number of phenolic OH excluding ortho intramolecular Hbond substituents is 1. The van der Waals surface area contributed by atoms with Gasteiger partial charge in [0.25, 0.3) is 5.91 Å². The van der Waals surface area contributed by atoms with Gasteiger partial charge < -0.3 is 14.7 Å². The lowest BCUT2D eigenvalue weighted by Crippen LogP contribution is -2.29. The number of benzene rings is 3. The fourth-order valence-electron chi connectivity index (χ4n) is 4.50. The fraction of sp³-hybridized carbons (Fsp3) is 0.185. The highest BCUT2D eigenvalue weighted by Crippen LogP contribution is 2.46. The molecule has 8 heteroatoms. The Bertz CT molecular complexity index is 1420. The van der Waals surface area contributed by atoms with Crippen molar-refractivity contribution in [3.63, 3.8) is 0 Å². The Balaban J connectivity index is 1.67. The van der Waals surface area contributed by atoms with Gasteiger partial charge in [-0.15, -0.1) is 0 Å². The fourth-order valence-corrected chi connectivity index (χ4v) is 4.66. The highest BCUT2D eigenvalue weighted by Gasteiger charge is 2.42. The summed E-state index contributed by atoms with van der Waals surface area (Å²) in [6.07, 6.45) is 0. The molecule has 1 aromatic heterocycles. The third-order valence-electron chi connectivity index (χ3n) is 6.15. The molecule has 178 valence electrons. The van der Waals surface area contributed by atoms with E-state index in [2.05, 4.69) is 10.2 Å². The number of rotatable bonds is 6. The normalized spacial score (nSPS) is 14.9. The SMILES string of the molecule is CCOc1cccc(C2c3c(-c4cc(Cl)c(C)cc4O)n[nH]c3C(=O)N2Cc2ccc(F)cc2)c1. The smallest absolute Gasteiger partial charge is 0.273 e. The van der Waals surface area contributed by atoms with E-state index in [1.54, 1.807) is 36.1 Å². The van der Waals surface area contributed by atoms with Crippen LogP contribution in [0, 0.1) is 12.7 Å². The average molecular weight is 492 g/mol. The van der Waals surface area contributed by atoms with Crippen molar-refractivity contribution in [2.75, 3.05) is 6.61 Å². The summed E-state index contributed by atoms with van der Waals surface area (Å²) in [7, 11) is 0. The molecule has 1 atom stereocenters. The Morgan fingerprint density at radius 2 is 1.94 bits per heavy atom. The Labute approximate surface area is 206 Å². The molecule has 2 heterocycles. The topological polar surface area (TPSA) is 78.5 Å². The van der Waals surface area contributed by atoms with Gasteiger partial charge in [-0.3, -0.25) is 9.89 Å². The molecule has 0 aliphatic carbocycles. The number of phenols is 1. The zero-order valence-corrected chi connectivity index (χ0v) is 19.9. The third kappa shape index (κ3) is 4.12. The first-order valence-corrected chi connectivity index (χ1v) is 11.6. The van der Waals surface area contributed by atoms with E-state index in [1.165, 1.54) is 12.1 Å². The molecule has 6 nitrogen and oxygen atoms in total. The van der Waals surface area contributed by atoms with Crippen molar-refractivity contribution in [2.24, 2.45) is 0 Å². The number of fused-ring (bicyclic) bond motifs is 1. The minimum absolute atomic E-state index is 0.0208. The van der Waals surface area contributed by atoms with Crippen LogP contribution in [0.3, 0.4) is 0 Å². The predicted octanol–water partition coefficient (Wildman–Crippen LogP) is 6.03. The van der Waals surface area contributed by atoms with Crippen molar-refractivity contribution in [2.45, 2.75) is 26.4 Å². The molecule has 0 saturated carbocycles. The van der Waals surface area contributed by atoms with Gasteiger partial charge in [-0.05, 0) is 66.9 Å². The molecule has 0 fully saturated rings. The Morgan fingerprint density at radius 1 is 1.17 bits per heavy atom. The second-order valence-electron chi connectivity index (χ2n) is 8.45. The number of amides is 1. The summed E-state index contributed by atoms with van der Waals surface area (Å²) < 4.78 is 19.2. The van der Waals surface area contributed by atoms with E-state index in [0.717, 1.165) is 16.7 Å². The predicted molar refractivity (Wildman–Crippen MR) is 131 cm³/mol. The molecule has 4 aromatic rings. The summed E-state index contributed by atoms with van der Waals surface area (Å²) in [5, 5.41) is 18.5. The number of aromatic nitrogens is 2. The maximum atomic E-state index is 13.6. The molecule has 0 saturated heterocycles. The van der Waals surface area contributed by atoms with Crippen molar-refractivity contribution in [1.82, 2.24) is 15.1 Å². The van der Waals surface area contributed by atoms with Crippen molar-refractivity contribution in [3.8, 4) is 22.8 Å². The van der Waals surface area contributed by atoms with E-state index in [1.807, 2.05) is 31.2 Å². The molecule has 2 N–H and O–H groups in total. The number of nitrogens with zero attached hydrogens (tertiary/aromatic N) is 2. The molecule has 0 radical (unpaired) electrons. The Morgan fingerprint density at radius 3 is 2.69 bits per heavy atom. The number of H-pyrrole nitrogens is 1. The second-order valence-corrected chi connectivity index (χ2v) is 8.85. The molecule has 0 spiro atoms. The van der Waals surface area contributed by atoms with E-state index in [0.29, 0.717) is 39.9 Å². The number of hydrogen-bond acceptors (Lipinski definition) is 4. The van der Waals surface area contributed by atoms with Gasteiger partial charge >= 0.3 is 0 Å². The van der Waals surface area contributed by atoms with Gasteiger partial charge in [0.15, 0.2) is 0 Å². The van der Waals surface area contributed by atoms with Crippen LogP contribution in [0.4, 0.5) is 4.39 Å². The minimum atomic E-state index is -0.517. The number of halogens is 2. The molecule has 5 rings (SSSR count). The lowest BCUT2D eigenvalue weighted by Gasteiger charge is -2.27. The second kappa shape index (κ2) is 9.07. The average Bonchev–Trinajstić information content (AvgIpc) is 3.37. The number of aromatic amines is 1. The Hall–Kier alpha value is -3.84. The first-order chi connectivity index (χ1) is 16.9. The van der Waals surface area contributed by atoms with Gasteiger partial charge in [0.05, 0.1) is 12.6 Å². The van der Waals surface area contributed by atoms with E-state index in [4.69, 9.17) is 16.3 Å². The standard InChI is InChI=1S/C27H23ClFN3O3/c1-3-35-19-6-4-5-17(12-19)26-23-24(20-13-21(28)15(2)11-22(20)33)30-31-25(23)27(34)32(26)14-16-7-9-18(29)10-8-16/h4-13,26,33H,3,14H2,1-2H3,(H,30,31). The first kappa shape index (κ1) is 22.9. The summed E-state index contributed by atoms with van der Waals surface area (Å²) >= 11 is 6.37. The maximum absolute atomic E-state index is 13.6. The number of aryl methyl sites for hydroxylation is 1. The van der Waals surface area contributed by atoms with E-state index >= 15 is 0 Å². The van der Waals surface area contributed by atoms with Crippen LogP contribution in [0.5, 0.6) is 11.5 Å². The van der Waals surface area contributed by atoms with Crippen LogP contribution in [0.2, 0.25) is 5.02 Å². The molecule has 35 heavy (non-hydrogen) atoms. The monoisotopic (exact) mass is 491 g/mol. The molecule has 1 unspecified atom stereocenters. The Kier molecular flexibility index (Phi) is 5.94. The largest absolute Gasteiger partial charge is 0.507 e. The zero-order chi connectivity index (χ0) is 24.7. The van der Waals surface area contributed by atoms with Gasteiger partial charge in [-0.25, -0.2) is 4.39 Å². The summed E-state index contributed by atoms with van der Waals surface area (Å²) in [6.45, 7) is 4.47.